The Hall–Kier alpha value is -3.83. The number of aliphatic carboxylic acids is 1. The summed E-state index contributed by atoms with van der Waals surface area (Å²) in [7, 11) is 0. The summed E-state index contributed by atoms with van der Waals surface area (Å²) in [4.78, 5) is 47.0. The molecule has 0 aromatic heterocycles. The number of guanidine groups is 1. The number of carbonyl (C=O) groups excluding carboxylic acids is 2. The van der Waals surface area contributed by atoms with E-state index in [1.807, 2.05) is 0 Å². The van der Waals surface area contributed by atoms with Crippen molar-refractivity contribution in [3.05, 3.63) is 57.1 Å². The largest absolute Gasteiger partial charge is 0.481 e. The molecule has 0 aliphatic heterocycles. The van der Waals surface area contributed by atoms with E-state index in [9.17, 15) is 24.3 Å². The fourth-order valence-corrected chi connectivity index (χ4v) is 3.34. The summed E-state index contributed by atoms with van der Waals surface area (Å²) in [6.45, 7) is -0.497. The minimum absolute atomic E-state index is 0.0610. The van der Waals surface area contributed by atoms with Crippen LogP contribution >= 0.6 is 23.2 Å². The molecule has 0 bridgehead atoms. The van der Waals surface area contributed by atoms with E-state index in [-0.39, 0.29) is 45.4 Å². The standard InChI is InChI=1S/C20H19Cl2N5O6/c21-12-4-9(1-2-16(29)30)17(14(22)7-12)27-15(28)8-25-18(31)10-3-11(19(32)33)6-13(5-10)26-20(23)24/h3-7H,1-2,8H2,(H,25,31)(H,27,28)(H,29,30)(H,32,33)(H4,23,24,26). The smallest absolute Gasteiger partial charge is 0.335 e. The average molecular weight is 496 g/mol. The molecule has 33 heavy (non-hydrogen) atoms. The zero-order valence-electron chi connectivity index (χ0n) is 16.9. The molecule has 0 radical (unpaired) electrons. The Morgan fingerprint density at radius 2 is 1.64 bits per heavy atom. The van der Waals surface area contributed by atoms with Crippen LogP contribution in [0.4, 0.5) is 11.4 Å². The molecule has 2 amide bonds. The molecule has 0 aliphatic carbocycles. The summed E-state index contributed by atoms with van der Waals surface area (Å²) in [6.07, 6.45) is -0.154. The third kappa shape index (κ3) is 7.66. The van der Waals surface area contributed by atoms with Crippen LogP contribution in [-0.4, -0.2) is 46.5 Å². The molecule has 11 nitrogen and oxygen atoms in total. The number of amides is 2. The van der Waals surface area contributed by atoms with Crippen LogP contribution < -0.4 is 21.7 Å². The number of nitrogens with one attached hydrogen (secondary N) is 4. The van der Waals surface area contributed by atoms with E-state index >= 15 is 0 Å². The van der Waals surface area contributed by atoms with Gasteiger partial charge in [-0.2, -0.15) is 0 Å². The number of aromatic carboxylic acids is 1. The van der Waals surface area contributed by atoms with E-state index in [1.165, 1.54) is 24.3 Å². The molecule has 0 heterocycles. The summed E-state index contributed by atoms with van der Waals surface area (Å²) in [5.41, 5.74) is 5.60. The van der Waals surface area contributed by atoms with Gasteiger partial charge in [-0.3, -0.25) is 19.8 Å². The highest BCUT2D eigenvalue weighted by molar-refractivity contribution is 6.37. The molecule has 8 N–H and O–H groups in total. The van der Waals surface area contributed by atoms with E-state index in [4.69, 9.17) is 39.5 Å². The van der Waals surface area contributed by atoms with Crippen LogP contribution in [-0.2, 0) is 16.0 Å². The number of halogens is 2. The Kier molecular flexibility index (Phi) is 8.60. The molecule has 2 aromatic rings. The highest BCUT2D eigenvalue weighted by atomic mass is 35.5. The number of anilines is 2. The van der Waals surface area contributed by atoms with Crippen LogP contribution in [0, 0.1) is 5.41 Å². The summed E-state index contributed by atoms with van der Waals surface area (Å²) < 4.78 is 0. The molecule has 0 fully saturated rings. The van der Waals surface area contributed by atoms with Gasteiger partial charge in [0, 0.05) is 22.7 Å². The van der Waals surface area contributed by atoms with E-state index in [0.29, 0.717) is 5.56 Å². The van der Waals surface area contributed by atoms with Gasteiger partial charge in [-0.1, -0.05) is 23.2 Å². The quantitative estimate of drug-likeness (QED) is 0.203. The van der Waals surface area contributed by atoms with Gasteiger partial charge in [-0.15, -0.1) is 0 Å². The molecule has 0 unspecified atom stereocenters. The summed E-state index contributed by atoms with van der Waals surface area (Å²) >= 11 is 12.1. The molecule has 174 valence electrons. The lowest BCUT2D eigenvalue weighted by Gasteiger charge is -2.14. The Balaban J connectivity index is 2.13. The number of rotatable bonds is 9. The van der Waals surface area contributed by atoms with Crippen LogP contribution in [0.3, 0.4) is 0 Å². The lowest BCUT2D eigenvalue weighted by Crippen LogP contribution is -2.33. The van der Waals surface area contributed by atoms with Crippen LogP contribution in [0.1, 0.15) is 32.7 Å². The van der Waals surface area contributed by atoms with Crippen molar-refractivity contribution in [3.63, 3.8) is 0 Å². The fraction of sp³-hybridized carbons (Fsp3) is 0.150. The second kappa shape index (κ2) is 11.2. The van der Waals surface area contributed by atoms with Crippen molar-refractivity contribution in [2.45, 2.75) is 12.8 Å². The monoisotopic (exact) mass is 495 g/mol. The van der Waals surface area contributed by atoms with Gasteiger partial charge in [0.05, 0.1) is 22.8 Å². The predicted molar refractivity (Wildman–Crippen MR) is 122 cm³/mol. The number of hydrogen-bond donors (Lipinski definition) is 7. The lowest BCUT2D eigenvalue weighted by molar-refractivity contribution is -0.137. The van der Waals surface area contributed by atoms with Gasteiger partial charge in [0.15, 0.2) is 5.96 Å². The predicted octanol–water partition coefficient (Wildman–Crippen LogP) is 2.38. The number of aryl methyl sites for hydroxylation is 1. The van der Waals surface area contributed by atoms with Gasteiger partial charge >= 0.3 is 11.9 Å². The first-order valence-electron chi connectivity index (χ1n) is 9.23. The highest BCUT2D eigenvalue weighted by Gasteiger charge is 2.16. The molecule has 0 spiro atoms. The van der Waals surface area contributed by atoms with Crippen LogP contribution in [0.5, 0.6) is 0 Å². The van der Waals surface area contributed by atoms with Crippen LogP contribution in [0.15, 0.2) is 30.3 Å². The zero-order valence-corrected chi connectivity index (χ0v) is 18.4. The van der Waals surface area contributed by atoms with Crippen molar-refractivity contribution in [2.75, 3.05) is 17.2 Å². The number of benzene rings is 2. The molecule has 2 rings (SSSR count). The normalized spacial score (nSPS) is 10.2. The van der Waals surface area contributed by atoms with Gasteiger partial charge in [-0.05, 0) is 42.3 Å². The molecule has 2 aromatic carbocycles. The Labute approximate surface area is 197 Å². The molecule has 0 atom stereocenters. The van der Waals surface area contributed by atoms with Crippen molar-refractivity contribution >= 4 is 64.3 Å². The summed E-state index contributed by atoms with van der Waals surface area (Å²) in [6, 6.07) is 6.41. The Bertz CT molecular complexity index is 1140. The van der Waals surface area contributed by atoms with E-state index in [1.54, 1.807) is 0 Å². The molecular formula is C20H19Cl2N5O6. The van der Waals surface area contributed by atoms with Gasteiger partial charge in [0.1, 0.15) is 0 Å². The second-order valence-electron chi connectivity index (χ2n) is 6.69. The van der Waals surface area contributed by atoms with Gasteiger partial charge < -0.3 is 31.9 Å². The Morgan fingerprint density at radius 3 is 2.24 bits per heavy atom. The molecule has 0 saturated carbocycles. The summed E-state index contributed by atoms with van der Waals surface area (Å²) in [5, 5.41) is 33.0. The van der Waals surface area contributed by atoms with E-state index in [0.717, 1.165) is 6.07 Å². The number of carboxylic acids is 2. The van der Waals surface area contributed by atoms with Crippen LogP contribution in [0.25, 0.3) is 0 Å². The van der Waals surface area contributed by atoms with Gasteiger partial charge in [0.2, 0.25) is 5.91 Å². The van der Waals surface area contributed by atoms with Crippen LogP contribution in [0.2, 0.25) is 10.0 Å². The number of carbonyl (C=O) groups is 4. The number of nitrogens with two attached hydrogens (primary N) is 1. The molecule has 0 aliphatic rings. The minimum atomic E-state index is -1.31. The fourth-order valence-electron chi connectivity index (χ4n) is 2.76. The topological polar surface area (TPSA) is 195 Å². The number of hydrogen-bond acceptors (Lipinski definition) is 5. The van der Waals surface area contributed by atoms with Crippen molar-refractivity contribution < 1.29 is 29.4 Å². The lowest BCUT2D eigenvalue weighted by atomic mass is 10.1. The average Bonchev–Trinajstić information content (AvgIpc) is 2.71. The molecule has 0 saturated heterocycles. The van der Waals surface area contributed by atoms with E-state index < -0.39 is 36.3 Å². The van der Waals surface area contributed by atoms with Gasteiger partial charge in [0.25, 0.3) is 5.91 Å². The van der Waals surface area contributed by atoms with Gasteiger partial charge in [-0.25, -0.2) is 4.79 Å². The second-order valence-corrected chi connectivity index (χ2v) is 7.53. The van der Waals surface area contributed by atoms with Crippen molar-refractivity contribution in [1.29, 1.82) is 5.41 Å². The van der Waals surface area contributed by atoms with Crippen molar-refractivity contribution in [3.8, 4) is 0 Å². The first kappa shape index (κ1) is 25.4. The van der Waals surface area contributed by atoms with Crippen molar-refractivity contribution in [1.82, 2.24) is 5.32 Å². The first-order valence-corrected chi connectivity index (χ1v) is 9.99. The Morgan fingerprint density at radius 1 is 0.970 bits per heavy atom. The minimum Gasteiger partial charge on any atom is -0.481 e. The summed E-state index contributed by atoms with van der Waals surface area (Å²) in [5.74, 6) is -4.23. The number of carboxylic acid groups (broad SMARTS) is 2. The SMILES string of the molecule is N=C(N)Nc1cc(C(=O)O)cc(C(=O)NCC(=O)Nc2c(Cl)cc(Cl)cc2CCC(=O)O)c1. The maximum Gasteiger partial charge on any atom is 0.335 e. The van der Waals surface area contributed by atoms with E-state index in [2.05, 4.69) is 16.0 Å². The maximum absolute atomic E-state index is 12.5. The zero-order chi connectivity index (χ0) is 24.7. The molecular weight excluding hydrogens is 477 g/mol. The highest BCUT2D eigenvalue weighted by Crippen LogP contribution is 2.31. The third-order valence-electron chi connectivity index (χ3n) is 4.14. The van der Waals surface area contributed by atoms with Crippen molar-refractivity contribution in [2.24, 2.45) is 5.73 Å². The molecule has 13 heteroatoms. The maximum atomic E-state index is 12.5. The first-order chi connectivity index (χ1) is 15.5. The third-order valence-corrected chi connectivity index (χ3v) is 4.66.